The highest BCUT2D eigenvalue weighted by Gasteiger charge is 2.57. The quantitative estimate of drug-likeness (QED) is 0.150. The molecule has 1 saturated heterocycles. The molecule has 48 heavy (non-hydrogen) atoms. The van der Waals surface area contributed by atoms with Crippen molar-refractivity contribution < 1.29 is 38.9 Å². The maximum atomic E-state index is 14.3. The van der Waals surface area contributed by atoms with Crippen LogP contribution in [0.15, 0.2) is 75.5 Å². The molecule has 7 rings (SSSR count). The molecule has 0 radical (unpaired) electrons. The summed E-state index contributed by atoms with van der Waals surface area (Å²) in [5, 5.41) is 34.2. The van der Waals surface area contributed by atoms with Gasteiger partial charge in [-0.2, -0.15) is 0 Å². The summed E-state index contributed by atoms with van der Waals surface area (Å²) in [6.07, 6.45) is 4.86. The SMILES string of the molecule is CN(C)c1c([N+](=O)[O-])cc(N2C(=O)C3CC=C4C(C5=COc6ccc(O)cc6C5)C5=C(CC4C3C2=O)C(=O)C(Br)=CC5=O)cc1[N+](=O)[O-]. The minimum absolute atomic E-state index is 0.0183. The van der Waals surface area contributed by atoms with Crippen molar-refractivity contribution in [1.82, 2.24) is 0 Å². The molecule has 2 aromatic rings. The van der Waals surface area contributed by atoms with E-state index in [0.29, 0.717) is 22.5 Å². The molecule has 2 aliphatic heterocycles. The fraction of sp³-hybridized carbons (Fsp3) is 0.273. The highest BCUT2D eigenvalue weighted by Crippen LogP contribution is 2.56. The van der Waals surface area contributed by atoms with Crippen LogP contribution in [-0.2, 0) is 25.6 Å². The third-order valence-electron chi connectivity index (χ3n) is 9.63. The maximum absolute atomic E-state index is 14.3. The second kappa shape index (κ2) is 11.1. The number of fused-ring (bicyclic) bond motifs is 4. The number of imide groups is 1. The number of rotatable bonds is 5. The Morgan fingerprint density at radius 3 is 2.33 bits per heavy atom. The van der Waals surface area contributed by atoms with E-state index >= 15 is 0 Å². The Balaban J connectivity index is 1.33. The Hall–Kier alpha value is -5.44. The minimum Gasteiger partial charge on any atom is -0.508 e. The first-order chi connectivity index (χ1) is 22.8. The van der Waals surface area contributed by atoms with Crippen LogP contribution in [0.4, 0.5) is 22.7 Å². The maximum Gasteiger partial charge on any atom is 0.301 e. The lowest BCUT2D eigenvalue weighted by atomic mass is 9.59. The van der Waals surface area contributed by atoms with Gasteiger partial charge in [0.25, 0.3) is 0 Å². The third-order valence-corrected chi connectivity index (χ3v) is 10.2. The minimum atomic E-state index is -1.02. The molecule has 0 spiro atoms. The van der Waals surface area contributed by atoms with Gasteiger partial charge in [0.1, 0.15) is 11.5 Å². The summed E-state index contributed by atoms with van der Waals surface area (Å²) in [6, 6.07) is 6.61. The number of hydrogen-bond acceptors (Lipinski definition) is 11. The number of Topliss-reactive ketones (excluding diaryl/α,β-unsaturated/α-hetero) is 1. The van der Waals surface area contributed by atoms with Gasteiger partial charge in [0, 0.05) is 61.4 Å². The summed E-state index contributed by atoms with van der Waals surface area (Å²) in [4.78, 5) is 79.8. The number of amides is 2. The first-order valence-corrected chi connectivity index (χ1v) is 15.7. The van der Waals surface area contributed by atoms with Gasteiger partial charge in [0.15, 0.2) is 17.3 Å². The number of benzene rings is 2. The van der Waals surface area contributed by atoms with Gasteiger partial charge in [-0.3, -0.25) is 39.4 Å². The number of nitrogens with zero attached hydrogens (tertiary/aromatic N) is 4. The van der Waals surface area contributed by atoms with Gasteiger partial charge in [-0.15, -0.1) is 0 Å². The van der Waals surface area contributed by atoms with Crippen molar-refractivity contribution >= 4 is 62.1 Å². The molecule has 1 N–H and O–H groups in total. The molecule has 2 aromatic carbocycles. The summed E-state index contributed by atoms with van der Waals surface area (Å²) in [7, 11) is 2.81. The fourth-order valence-corrected chi connectivity index (χ4v) is 8.17. The smallest absolute Gasteiger partial charge is 0.301 e. The summed E-state index contributed by atoms with van der Waals surface area (Å²) >= 11 is 3.19. The summed E-state index contributed by atoms with van der Waals surface area (Å²) in [5.41, 5.74) is 0.485. The van der Waals surface area contributed by atoms with E-state index in [4.69, 9.17) is 4.74 Å². The van der Waals surface area contributed by atoms with Crippen molar-refractivity contribution in [3.05, 3.63) is 101 Å². The van der Waals surface area contributed by atoms with Crippen molar-refractivity contribution in [2.24, 2.45) is 23.7 Å². The van der Waals surface area contributed by atoms with Gasteiger partial charge in [0.05, 0.1) is 38.1 Å². The number of nitro groups is 2. The molecule has 2 heterocycles. The first kappa shape index (κ1) is 31.2. The zero-order valence-corrected chi connectivity index (χ0v) is 26.9. The number of halogens is 1. The molecule has 2 amide bonds. The fourth-order valence-electron chi connectivity index (χ4n) is 7.73. The molecule has 4 unspecified atom stereocenters. The number of carbonyl (C=O) groups excluding carboxylic acids is 4. The zero-order valence-electron chi connectivity index (χ0n) is 25.3. The number of phenolic OH excluding ortho intramolecular Hbond substituents is 1. The number of phenols is 1. The monoisotopic (exact) mass is 716 g/mol. The van der Waals surface area contributed by atoms with Gasteiger partial charge in [-0.1, -0.05) is 11.6 Å². The number of hydrogen-bond donors (Lipinski definition) is 1. The van der Waals surface area contributed by atoms with E-state index in [1.807, 2.05) is 0 Å². The van der Waals surface area contributed by atoms with Crippen LogP contribution in [0.5, 0.6) is 11.5 Å². The largest absolute Gasteiger partial charge is 0.508 e. The summed E-state index contributed by atoms with van der Waals surface area (Å²) < 4.78 is 5.95. The normalized spacial score (nSPS) is 24.5. The van der Waals surface area contributed by atoms with E-state index in [2.05, 4.69) is 15.9 Å². The molecule has 0 bridgehead atoms. The van der Waals surface area contributed by atoms with Crippen molar-refractivity contribution in [2.45, 2.75) is 19.3 Å². The molecule has 0 aromatic heterocycles. The number of nitro benzene ring substituents is 2. The number of aromatic hydroxyl groups is 1. The van der Waals surface area contributed by atoms with Gasteiger partial charge < -0.3 is 14.7 Å². The van der Waals surface area contributed by atoms with Gasteiger partial charge in [-0.05, 0) is 58.5 Å². The van der Waals surface area contributed by atoms with Gasteiger partial charge in [0.2, 0.25) is 11.8 Å². The topological polar surface area (TPSA) is 190 Å². The Labute approximate surface area is 280 Å². The van der Waals surface area contributed by atoms with Crippen LogP contribution in [0, 0.1) is 43.9 Å². The second-order valence-electron chi connectivity index (χ2n) is 12.4. The molecule has 1 fully saturated rings. The van der Waals surface area contributed by atoms with Crippen LogP contribution in [0.2, 0.25) is 0 Å². The highest BCUT2D eigenvalue weighted by atomic mass is 79.9. The van der Waals surface area contributed by atoms with E-state index in [1.54, 1.807) is 18.2 Å². The lowest BCUT2D eigenvalue weighted by molar-refractivity contribution is -0.392. The number of ketones is 2. The Morgan fingerprint density at radius 2 is 1.69 bits per heavy atom. The average molecular weight is 717 g/mol. The molecule has 0 saturated carbocycles. The second-order valence-corrected chi connectivity index (χ2v) is 13.3. The standard InChI is InChI=1S/C33H25BrN4O10/c1-35(2)30-23(37(44)45)9-16(10-24(30)38(46)47)36-32(42)19-5-4-18-20(28(19)33(36)43)11-21-29(25(40)12-22(34)31(21)41)27(18)15-7-14-8-17(39)3-6-26(14)48-13-15/h3-4,6,8-10,12-13,19-20,27-28,39H,5,7,11H2,1-2H3. The van der Waals surface area contributed by atoms with Gasteiger partial charge >= 0.3 is 11.4 Å². The molecule has 3 aliphatic carbocycles. The van der Waals surface area contributed by atoms with Crippen LogP contribution in [0.3, 0.4) is 0 Å². The Morgan fingerprint density at radius 1 is 1.00 bits per heavy atom. The number of carbonyl (C=O) groups is 4. The molecule has 15 heteroatoms. The lowest BCUT2D eigenvalue weighted by Gasteiger charge is -2.43. The summed E-state index contributed by atoms with van der Waals surface area (Å²) in [6.45, 7) is 0. The molecular formula is C33H25BrN4O10. The van der Waals surface area contributed by atoms with E-state index in [1.165, 1.54) is 37.4 Å². The van der Waals surface area contributed by atoms with Gasteiger partial charge in [-0.25, -0.2) is 4.90 Å². The summed E-state index contributed by atoms with van der Waals surface area (Å²) in [5.74, 6) is -5.09. The zero-order chi connectivity index (χ0) is 34.3. The highest BCUT2D eigenvalue weighted by molar-refractivity contribution is 9.12. The average Bonchev–Trinajstić information content (AvgIpc) is 3.30. The number of allylic oxidation sites excluding steroid dienone is 7. The Kier molecular flexibility index (Phi) is 7.19. The molecule has 4 atom stereocenters. The number of anilines is 2. The molecule has 244 valence electrons. The number of ether oxygens (including phenoxy) is 1. The van der Waals surface area contributed by atoms with Crippen molar-refractivity contribution in [3.63, 3.8) is 0 Å². The van der Waals surface area contributed by atoms with Crippen LogP contribution in [-0.4, -0.2) is 52.4 Å². The first-order valence-electron chi connectivity index (χ1n) is 14.9. The van der Waals surface area contributed by atoms with E-state index in [9.17, 15) is 44.5 Å². The van der Waals surface area contributed by atoms with Crippen LogP contribution >= 0.6 is 15.9 Å². The Bertz CT molecular complexity index is 2030. The predicted octanol–water partition coefficient (Wildman–Crippen LogP) is 4.59. The van der Waals surface area contributed by atoms with Crippen molar-refractivity contribution in [3.8, 4) is 11.5 Å². The predicted molar refractivity (Wildman–Crippen MR) is 172 cm³/mol. The molecule has 5 aliphatic rings. The van der Waals surface area contributed by atoms with E-state index < -0.39 is 62.5 Å². The third kappa shape index (κ3) is 4.59. The molecule has 14 nitrogen and oxygen atoms in total. The van der Waals surface area contributed by atoms with E-state index in [-0.39, 0.29) is 57.8 Å². The lowest BCUT2D eigenvalue weighted by Crippen LogP contribution is -2.41. The van der Waals surface area contributed by atoms with Crippen LogP contribution in [0.1, 0.15) is 18.4 Å². The van der Waals surface area contributed by atoms with E-state index in [0.717, 1.165) is 17.0 Å². The molecular weight excluding hydrogens is 692 g/mol. The van der Waals surface area contributed by atoms with Crippen molar-refractivity contribution in [2.75, 3.05) is 23.9 Å². The van der Waals surface area contributed by atoms with Crippen LogP contribution in [0.25, 0.3) is 0 Å². The van der Waals surface area contributed by atoms with Crippen molar-refractivity contribution in [1.29, 1.82) is 0 Å². The van der Waals surface area contributed by atoms with Crippen LogP contribution < -0.4 is 14.5 Å².